The van der Waals surface area contributed by atoms with Crippen LogP contribution in [-0.2, 0) is 4.84 Å². The quantitative estimate of drug-likeness (QED) is 0.736. The molecule has 5 nitrogen and oxygen atoms in total. The summed E-state index contributed by atoms with van der Waals surface area (Å²) in [5.41, 5.74) is 2.30. The number of halogens is 1. The summed E-state index contributed by atoms with van der Waals surface area (Å²) in [6.45, 7) is 2.14. The van der Waals surface area contributed by atoms with E-state index in [1.165, 1.54) is 12.4 Å². The molecule has 0 bridgehead atoms. The fourth-order valence-corrected chi connectivity index (χ4v) is 0.789. The Kier molecular flexibility index (Phi) is 3.60. The molecule has 70 valence electrons. The average Bonchev–Trinajstić information content (AvgIpc) is 2.14. The predicted molar refractivity (Wildman–Crippen MR) is 46.1 cm³/mol. The van der Waals surface area contributed by atoms with Crippen molar-refractivity contribution in [3.63, 3.8) is 0 Å². The van der Waals surface area contributed by atoms with Gasteiger partial charge in [-0.1, -0.05) is 11.6 Å². The highest BCUT2D eigenvalue weighted by atomic mass is 35.5. The largest absolute Gasteiger partial charge is 0.295 e. The van der Waals surface area contributed by atoms with Crippen LogP contribution in [0.2, 0.25) is 5.15 Å². The average molecular weight is 202 g/mol. The van der Waals surface area contributed by atoms with Gasteiger partial charge in [-0.2, -0.15) is 0 Å². The molecule has 1 aromatic heterocycles. The Morgan fingerprint density at radius 3 is 3.08 bits per heavy atom. The van der Waals surface area contributed by atoms with Gasteiger partial charge in [-0.3, -0.25) is 14.6 Å². The first-order valence-corrected chi connectivity index (χ1v) is 4.01. The van der Waals surface area contributed by atoms with E-state index in [1.54, 1.807) is 6.92 Å². The van der Waals surface area contributed by atoms with Gasteiger partial charge in [0.15, 0.2) is 0 Å². The van der Waals surface area contributed by atoms with Crippen LogP contribution in [0.15, 0.2) is 12.4 Å². The van der Waals surface area contributed by atoms with E-state index in [1.807, 2.05) is 0 Å². The van der Waals surface area contributed by atoms with Crippen LogP contribution in [0.5, 0.6) is 0 Å². The Hall–Kier alpha value is -1.20. The zero-order valence-corrected chi connectivity index (χ0v) is 7.71. The van der Waals surface area contributed by atoms with Crippen LogP contribution in [0.4, 0.5) is 0 Å². The van der Waals surface area contributed by atoms with Crippen molar-refractivity contribution in [2.24, 2.45) is 0 Å². The number of rotatable bonds is 3. The fourth-order valence-electron chi connectivity index (χ4n) is 0.642. The predicted octanol–water partition coefficient (Wildman–Crippen LogP) is 0.811. The topological polar surface area (TPSA) is 64.1 Å². The minimum Gasteiger partial charge on any atom is -0.274 e. The van der Waals surface area contributed by atoms with E-state index < -0.39 is 5.91 Å². The number of hydrogen-bond donors (Lipinski definition) is 1. The Bertz CT molecular complexity index is 306. The second-order valence-electron chi connectivity index (χ2n) is 2.09. The molecular formula is C7H8ClN3O2. The molecule has 6 heteroatoms. The molecule has 0 aliphatic heterocycles. The van der Waals surface area contributed by atoms with Crippen LogP contribution in [-0.4, -0.2) is 22.5 Å². The van der Waals surface area contributed by atoms with Gasteiger partial charge in [-0.25, -0.2) is 10.5 Å². The van der Waals surface area contributed by atoms with E-state index in [2.05, 4.69) is 20.3 Å². The monoisotopic (exact) mass is 201 g/mol. The van der Waals surface area contributed by atoms with Crippen LogP contribution < -0.4 is 5.48 Å². The van der Waals surface area contributed by atoms with E-state index >= 15 is 0 Å². The summed E-state index contributed by atoms with van der Waals surface area (Å²) < 4.78 is 0. The molecule has 0 saturated heterocycles. The number of nitrogens with one attached hydrogen (secondary N) is 1. The Balaban J connectivity index is 2.66. The lowest BCUT2D eigenvalue weighted by Gasteiger charge is -2.01. The number of amides is 1. The van der Waals surface area contributed by atoms with Gasteiger partial charge in [0.2, 0.25) is 0 Å². The van der Waals surface area contributed by atoms with E-state index in [0.29, 0.717) is 6.61 Å². The maximum atomic E-state index is 11.2. The smallest absolute Gasteiger partial charge is 0.274 e. The molecule has 0 fully saturated rings. The van der Waals surface area contributed by atoms with Crippen molar-refractivity contribution in [3.8, 4) is 0 Å². The third-order valence-electron chi connectivity index (χ3n) is 1.15. The maximum Gasteiger partial charge on any atom is 0.295 e. The molecule has 1 aromatic rings. The maximum absolute atomic E-state index is 11.2. The number of aromatic nitrogens is 2. The molecule has 0 spiro atoms. The van der Waals surface area contributed by atoms with Gasteiger partial charge in [0.25, 0.3) is 5.91 Å². The molecule has 0 atom stereocenters. The lowest BCUT2D eigenvalue weighted by Crippen LogP contribution is -2.24. The van der Waals surface area contributed by atoms with Crippen molar-refractivity contribution in [1.29, 1.82) is 0 Å². The van der Waals surface area contributed by atoms with Crippen molar-refractivity contribution in [3.05, 3.63) is 23.2 Å². The fraction of sp³-hybridized carbons (Fsp3) is 0.286. The molecular weight excluding hydrogens is 194 g/mol. The second kappa shape index (κ2) is 4.74. The van der Waals surface area contributed by atoms with E-state index in [9.17, 15) is 4.79 Å². The van der Waals surface area contributed by atoms with Crippen LogP contribution in [0.3, 0.4) is 0 Å². The normalized spacial score (nSPS) is 9.69. The summed E-state index contributed by atoms with van der Waals surface area (Å²) in [6.07, 6.45) is 2.65. The van der Waals surface area contributed by atoms with Crippen LogP contribution in [0.25, 0.3) is 0 Å². The number of hydrogen-bond acceptors (Lipinski definition) is 4. The minimum absolute atomic E-state index is 0.126. The third kappa shape index (κ3) is 2.96. The molecule has 0 aliphatic carbocycles. The molecule has 0 unspecified atom stereocenters. The Labute approximate surface area is 80.0 Å². The zero-order chi connectivity index (χ0) is 9.68. The number of carbonyl (C=O) groups is 1. The van der Waals surface area contributed by atoms with Crippen LogP contribution in [0.1, 0.15) is 17.4 Å². The zero-order valence-electron chi connectivity index (χ0n) is 6.95. The summed E-state index contributed by atoms with van der Waals surface area (Å²) in [7, 11) is 0. The second-order valence-corrected chi connectivity index (χ2v) is 2.48. The molecule has 0 radical (unpaired) electrons. The van der Waals surface area contributed by atoms with Gasteiger partial charge in [-0.15, -0.1) is 0 Å². The van der Waals surface area contributed by atoms with E-state index in [0.717, 1.165) is 0 Å². The first-order valence-electron chi connectivity index (χ1n) is 3.63. The van der Waals surface area contributed by atoms with Gasteiger partial charge in [0.05, 0.1) is 19.0 Å². The molecule has 13 heavy (non-hydrogen) atoms. The summed E-state index contributed by atoms with van der Waals surface area (Å²) >= 11 is 5.53. The lowest BCUT2D eigenvalue weighted by molar-refractivity contribution is 0.0359. The highest BCUT2D eigenvalue weighted by molar-refractivity contribution is 6.29. The standard InChI is InChI=1S/C7H8ClN3O2/c1-2-13-11-7(12)5-3-9-4-6(8)10-5/h3-4H,2H2,1H3,(H,11,12). The summed E-state index contributed by atoms with van der Waals surface area (Å²) in [5.74, 6) is -0.461. The Morgan fingerprint density at radius 1 is 1.69 bits per heavy atom. The van der Waals surface area contributed by atoms with Crippen molar-refractivity contribution < 1.29 is 9.63 Å². The van der Waals surface area contributed by atoms with Gasteiger partial charge in [0, 0.05) is 0 Å². The molecule has 1 N–H and O–H groups in total. The number of carbonyl (C=O) groups excluding carboxylic acids is 1. The van der Waals surface area contributed by atoms with Crippen molar-refractivity contribution >= 4 is 17.5 Å². The summed E-state index contributed by atoms with van der Waals surface area (Å²) in [5, 5.41) is 0.171. The Morgan fingerprint density at radius 2 is 2.46 bits per heavy atom. The van der Waals surface area contributed by atoms with E-state index in [4.69, 9.17) is 11.6 Å². The molecule has 1 rings (SSSR count). The highest BCUT2D eigenvalue weighted by Crippen LogP contribution is 2.01. The minimum atomic E-state index is -0.461. The molecule has 0 saturated carbocycles. The lowest BCUT2D eigenvalue weighted by atomic mass is 10.4. The SMILES string of the molecule is CCONC(=O)c1cncc(Cl)n1. The first kappa shape index (κ1) is 9.88. The molecule has 1 amide bonds. The summed E-state index contributed by atoms with van der Waals surface area (Å²) in [6, 6.07) is 0. The van der Waals surface area contributed by atoms with Gasteiger partial charge in [-0.05, 0) is 6.92 Å². The van der Waals surface area contributed by atoms with Crippen LogP contribution >= 0.6 is 11.6 Å². The van der Waals surface area contributed by atoms with Crippen molar-refractivity contribution in [2.75, 3.05) is 6.61 Å². The van der Waals surface area contributed by atoms with Crippen molar-refractivity contribution in [2.45, 2.75) is 6.92 Å². The van der Waals surface area contributed by atoms with Crippen molar-refractivity contribution in [1.82, 2.24) is 15.4 Å². The van der Waals surface area contributed by atoms with Crippen LogP contribution in [0, 0.1) is 0 Å². The molecule has 0 aromatic carbocycles. The number of nitrogens with zero attached hydrogens (tertiary/aromatic N) is 2. The summed E-state index contributed by atoms with van der Waals surface area (Å²) in [4.78, 5) is 23.3. The number of hydroxylamine groups is 1. The molecule has 0 aliphatic rings. The third-order valence-corrected chi connectivity index (χ3v) is 1.33. The van der Waals surface area contributed by atoms with E-state index in [-0.39, 0.29) is 10.8 Å². The van der Waals surface area contributed by atoms with Gasteiger partial charge in [0.1, 0.15) is 10.8 Å². The molecule has 1 heterocycles. The first-order chi connectivity index (χ1) is 6.24. The van der Waals surface area contributed by atoms with Gasteiger partial charge >= 0.3 is 0 Å². The van der Waals surface area contributed by atoms with Gasteiger partial charge < -0.3 is 0 Å². The highest BCUT2D eigenvalue weighted by Gasteiger charge is 2.07.